The van der Waals surface area contributed by atoms with Gasteiger partial charge in [0.05, 0.1) is 10.2 Å². The number of rotatable bonds is 3. The Morgan fingerprint density at radius 1 is 1.08 bits per heavy atom. The van der Waals surface area contributed by atoms with Crippen molar-refractivity contribution in [2.45, 2.75) is 0 Å². The van der Waals surface area contributed by atoms with Crippen molar-refractivity contribution in [1.29, 1.82) is 0 Å². The molecule has 4 aromatic rings. The van der Waals surface area contributed by atoms with Gasteiger partial charge in [-0.05, 0) is 11.5 Å². The summed E-state index contributed by atoms with van der Waals surface area (Å²) in [5, 5.41) is 7.35. The van der Waals surface area contributed by atoms with Crippen LogP contribution in [0.2, 0.25) is 0 Å². The topological polar surface area (TPSA) is 37.3 Å². The van der Waals surface area contributed by atoms with Crippen LogP contribution in [0.3, 0.4) is 0 Å². The number of hydrazone groups is 1. The first-order chi connectivity index (χ1) is 10.9. The number of hydrogen-bond donors (Lipinski definition) is 1. The van der Waals surface area contributed by atoms with Gasteiger partial charge < -0.3 is 0 Å². The fourth-order valence-electron chi connectivity index (χ4n) is 2.31. The molecule has 24 heavy (non-hydrogen) atoms. The number of anilines is 1. The van der Waals surface area contributed by atoms with Gasteiger partial charge in [0.1, 0.15) is 0 Å². The maximum absolute atomic E-state index is 4.65. The molecule has 0 fully saturated rings. The number of benzene rings is 3. The standard InChI is InChI=1S/C18H11N3S.2K/c1-2-6-13(7-3-1)12-19-21-18-20-17-15-9-5-4-8-14(15)10-11-16(17)22-18;;/h1-2,4-5,7-12H,(H,20,21);;/q-2;2*+1/b19-12+;;. The van der Waals surface area contributed by atoms with E-state index in [4.69, 9.17) is 0 Å². The molecule has 1 heterocycles. The fraction of sp³-hybridized carbons (Fsp3) is 0. The summed E-state index contributed by atoms with van der Waals surface area (Å²) in [5.74, 6) is 0. The Kier molecular flexibility index (Phi) is 8.72. The third-order valence-corrected chi connectivity index (χ3v) is 4.24. The minimum atomic E-state index is 0. The van der Waals surface area contributed by atoms with Crippen molar-refractivity contribution >= 4 is 43.7 Å². The molecule has 0 aliphatic carbocycles. The van der Waals surface area contributed by atoms with E-state index >= 15 is 0 Å². The zero-order valence-electron chi connectivity index (χ0n) is 13.6. The van der Waals surface area contributed by atoms with Crippen LogP contribution in [0, 0.1) is 12.1 Å². The zero-order valence-corrected chi connectivity index (χ0v) is 20.6. The molecule has 0 bridgehead atoms. The number of hydrogen-bond acceptors (Lipinski definition) is 4. The van der Waals surface area contributed by atoms with Crippen LogP contribution in [0.15, 0.2) is 59.7 Å². The van der Waals surface area contributed by atoms with Crippen molar-refractivity contribution in [3.63, 3.8) is 0 Å². The van der Waals surface area contributed by atoms with E-state index in [1.165, 1.54) is 10.8 Å². The van der Waals surface area contributed by atoms with Crippen LogP contribution in [-0.4, -0.2) is 11.2 Å². The number of nitrogens with zero attached hydrogens (tertiary/aromatic N) is 2. The van der Waals surface area contributed by atoms with Crippen molar-refractivity contribution in [2.75, 3.05) is 5.43 Å². The molecule has 0 amide bonds. The number of thiazole rings is 1. The Hall–Kier alpha value is 0.553. The fourth-order valence-corrected chi connectivity index (χ4v) is 3.14. The first-order valence-electron chi connectivity index (χ1n) is 6.85. The van der Waals surface area contributed by atoms with E-state index in [1.54, 1.807) is 17.6 Å². The van der Waals surface area contributed by atoms with Gasteiger partial charge in [0.15, 0.2) is 0 Å². The Bertz CT molecular complexity index is 968. The smallest absolute Gasteiger partial charge is 0.286 e. The predicted octanol–water partition coefficient (Wildman–Crippen LogP) is -1.50. The molecule has 6 heteroatoms. The zero-order chi connectivity index (χ0) is 14.8. The van der Waals surface area contributed by atoms with E-state index in [1.807, 2.05) is 30.3 Å². The molecule has 0 atom stereocenters. The summed E-state index contributed by atoms with van der Waals surface area (Å²) < 4.78 is 1.15. The van der Waals surface area contributed by atoms with E-state index in [0.29, 0.717) is 0 Å². The van der Waals surface area contributed by atoms with E-state index in [2.05, 4.69) is 51.9 Å². The average molecular weight is 380 g/mol. The van der Waals surface area contributed by atoms with Crippen molar-refractivity contribution in [2.24, 2.45) is 5.10 Å². The summed E-state index contributed by atoms with van der Waals surface area (Å²) in [6.45, 7) is 0. The van der Waals surface area contributed by atoms with Crippen LogP contribution in [0.4, 0.5) is 5.13 Å². The molecule has 3 aromatic carbocycles. The van der Waals surface area contributed by atoms with Gasteiger partial charge in [-0.15, -0.1) is 0 Å². The van der Waals surface area contributed by atoms with Crippen LogP contribution in [0.1, 0.15) is 5.56 Å². The third kappa shape index (κ3) is 4.83. The second kappa shape index (κ2) is 10.0. The maximum Gasteiger partial charge on any atom is 1.00 e. The normalized spacial score (nSPS) is 10.5. The molecule has 0 aliphatic rings. The SMILES string of the molecule is [K+].[K+].[c-]1cc[c-]c(/C=N/Nc2nc3c(ccc4ccccc43)s2)c1. The van der Waals surface area contributed by atoms with Crippen LogP contribution in [-0.2, 0) is 0 Å². The molecule has 3 nitrogen and oxygen atoms in total. The molecule has 0 spiro atoms. The van der Waals surface area contributed by atoms with Gasteiger partial charge >= 0.3 is 103 Å². The Balaban J connectivity index is 0.00000104. The van der Waals surface area contributed by atoms with Gasteiger partial charge in [-0.25, -0.2) is 15.6 Å². The summed E-state index contributed by atoms with van der Waals surface area (Å²) >= 11 is 1.59. The predicted molar refractivity (Wildman–Crippen MR) is 92.5 cm³/mol. The largest absolute Gasteiger partial charge is 1.00 e. The van der Waals surface area contributed by atoms with Crippen LogP contribution in [0.25, 0.3) is 21.0 Å². The van der Waals surface area contributed by atoms with Crippen molar-refractivity contribution < 1.29 is 103 Å². The Morgan fingerprint density at radius 3 is 2.79 bits per heavy atom. The number of fused-ring (bicyclic) bond motifs is 3. The number of nitrogens with one attached hydrogen (secondary N) is 1. The molecule has 0 unspecified atom stereocenters. The van der Waals surface area contributed by atoms with Crippen LogP contribution < -0.4 is 108 Å². The summed E-state index contributed by atoms with van der Waals surface area (Å²) in [6.07, 6.45) is 1.71. The van der Waals surface area contributed by atoms with Gasteiger partial charge in [-0.2, -0.15) is 0 Å². The minimum absolute atomic E-state index is 0. The quantitative estimate of drug-likeness (QED) is 0.204. The van der Waals surface area contributed by atoms with Crippen molar-refractivity contribution in [3.8, 4) is 0 Å². The Morgan fingerprint density at radius 2 is 1.96 bits per heavy atom. The van der Waals surface area contributed by atoms with Gasteiger partial charge in [-0.1, -0.05) is 47.9 Å². The summed E-state index contributed by atoms with van der Waals surface area (Å²) in [7, 11) is 0. The Labute approximate surface area is 229 Å². The van der Waals surface area contributed by atoms with Gasteiger partial charge in [0, 0.05) is 5.39 Å². The van der Waals surface area contributed by atoms with Crippen LogP contribution >= 0.6 is 11.3 Å². The van der Waals surface area contributed by atoms with Crippen molar-refractivity contribution in [1.82, 2.24) is 4.98 Å². The molecule has 4 rings (SSSR count). The average Bonchev–Trinajstić information content (AvgIpc) is 2.99. The molecular formula is C18H11K2N3S. The minimum Gasteiger partial charge on any atom is -0.286 e. The monoisotopic (exact) mass is 379 g/mol. The molecular weight excluding hydrogens is 368 g/mol. The molecule has 0 saturated carbocycles. The van der Waals surface area contributed by atoms with Crippen LogP contribution in [0.5, 0.6) is 0 Å². The van der Waals surface area contributed by atoms with E-state index in [9.17, 15) is 0 Å². The van der Waals surface area contributed by atoms with E-state index in [-0.39, 0.29) is 103 Å². The first kappa shape index (κ1) is 20.9. The second-order valence-electron chi connectivity index (χ2n) is 4.77. The molecule has 106 valence electrons. The second-order valence-corrected chi connectivity index (χ2v) is 5.80. The van der Waals surface area contributed by atoms with Gasteiger partial charge in [0.2, 0.25) is 5.13 Å². The third-order valence-electron chi connectivity index (χ3n) is 3.32. The van der Waals surface area contributed by atoms with Crippen molar-refractivity contribution in [3.05, 3.63) is 72.3 Å². The molecule has 1 N–H and O–H groups in total. The number of aromatic nitrogens is 1. The molecule has 0 saturated heterocycles. The molecule has 0 aliphatic heterocycles. The summed E-state index contributed by atoms with van der Waals surface area (Å²) in [5.41, 5.74) is 4.88. The summed E-state index contributed by atoms with van der Waals surface area (Å²) in [6, 6.07) is 24.0. The maximum atomic E-state index is 4.65. The summed E-state index contributed by atoms with van der Waals surface area (Å²) in [4.78, 5) is 4.65. The molecule has 0 radical (unpaired) electrons. The van der Waals surface area contributed by atoms with Gasteiger partial charge in [-0.3, -0.25) is 35.8 Å². The van der Waals surface area contributed by atoms with Gasteiger partial charge in [0.25, 0.3) is 0 Å². The van der Waals surface area contributed by atoms with E-state index < -0.39 is 0 Å². The molecule has 1 aromatic heterocycles. The van der Waals surface area contributed by atoms with E-state index in [0.717, 1.165) is 20.9 Å². The first-order valence-corrected chi connectivity index (χ1v) is 7.67.